The van der Waals surface area contributed by atoms with E-state index in [0.29, 0.717) is 11.5 Å². The lowest BCUT2D eigenvalue weighted by atomic mass is 10.1. The van der Waals surface area contributed by atoms with Crippen LogP contribution in [0.2, 0.25) is 0 Å². The average molecular weight is 232 g/mol. The molecule has 0 saturated carbocycles. The molecule has 0 fully saturated rings. The third-order valence-corrected chi connectivity index (χ3v) is 2.85. The van der Waals surface area contributed by atoms with E-state index < -0.39 is 0 Å². The molecule has 0 aliphatic carbocycles. The Balaban J connectivity index is 2.52. The second-order valence-electron chi connectivity index (χ2n) is 3.94. The fourth-order valence-electron chi connectivity index (χ4n) is 1.98. The summed E-state index contributed by atoms with van der Waals surface area (Å²) in [7, 11) is 0. The monoisotopic (exact) mass is 232 g/mol. The zero-order valence-electron chi connectivity index (χ0n) is 10.3. The molecule has 0 aliphatic rings. The highest BCUT2D eigenvalue weighted by Crippen LogP contribution is 2.16. The van der Waals surface area contributed by atoms with Gasteiger partial charge in [0, 0.05) is 5.69 Å². The van der Waals surface area contributed by atoms with Crippen LogP contribution in [-0.2, 0) is 13.0 Å². The second-order valence-corrected chi connectivity index (χ2v) is 3.94. The number of aliphatic hydroxyl groups excluding tert-OH is 1. The van der Waals surface area contributed by atoms with Gasteiger partial charge in [-0.15, -0.1) is 0 Å². The van der Waals surface area contributed by atoms with Gasteiger partial charge in [0.2, 0.25) is 0 Å². The summed E-state index contributed by atoms with van der Waals surface area (Å²) < 4.78 is 1.78. The van der Waals surface area contributed by atoms with Crippen molar-refractivity contribution in [1.29, 1.82) is 0 Å². The molecule has 2 aromatic rings. The van der Waals surface area contributed by atoms with Crippen LogP contribution < -0.4 is 0 Å². The molecule has 0 aromatic carbocycles. The maximum Gasteiger partial charge on any atom is 0.172 e. The lowest BCUT2D eigenvalue weighted by Gasteiger charge is -2.04. The van der Waals surface area contributed by atoms with Crippen molar-refractivity contribution in [2.24, 2.45) is 0 Å². The molecular formula is C12H16N4O. The van der Waals surface area contributed by atoms with E-state index >= 15 is 0 Å². The van der Waals surface area contributed by atoms with E-state index in [1.165, 1.54) is 5.56 Å². The quantitative estimate of drug-likeness (QED) is 0.867. The van der Waals surface area contributed by atoms with Crippen molar-refractivity contribution < 1.29 is 5.11 Å². The Morgan fingerprint density at radius 1 is 1.29 bits per heavy atom. The van der Waals surface area contributed by atoms with E-state index in [2.05, 4.69) is 22.0 Å². The third kappa shape index (κ3) is 2.06. The van der Waals surface area contributed by atoms with Crippen molar-refractivity contribution in [3.63, 3.8) is 0 Å². The van der Waals surface area contributed by atoms with Crippen molar-refractivity contribution in [3.8, 4) is 5.82 Å². The van der Waals surface area contributed by atoms with Crippen LogP contribution >= 0.6 is 0 Å². The molecule has 0 saturated heterocycles. The minimum absolute atomic E-state index is 0.110. The summed E-state index contributed by atoms with van der Waals surface area (Å²) in [6.07, 6.45) is 4.15. The highest BCUT2D eigenvalue weighted by atomic mass is 16.3. The first-order valence-corrected chi connectivity index (χ1v) is 5.64. The smallest absolute Gasteiger partial charge is 0.172 e. The summed E-state index contributed by atoms with van der Waals surface area (Å²) in [5.74, 6) is 0.650. The van der Waals surface area contributed by atoms with Crippen molar-refractivity contribution in [2.75, 3.05) is 0 Å². The van der Waals surface area contributed by atoms with E-state index in [9.17, 15) is 0 Å². The maximum absolute atomic E-state index is 9.05. The van der Waals surface area contributed by atoms with Crippen LogP contribution in [0.15, 0.2) is 12.4 Å². The van der Waals surface area contributed by atoms with Crippen LogP contribution in [0.4, 0.5) is 0 Å². The highest BCUT2D eigenvalue weighted by molar-refractivity contribution is 5.31. The minimum Gasteiger partial charge on any atom is -0.390 e. The van der Waals surface area contributed by atoms with Gasteiger partial charge in [-0.1, -0.05) is 6.92 Å². The maximum atomic E-state index is 9.05. The number of nitrogens with zero attached hydrogens (tertiary/aromatic N) is 4. The standard InChI is InChI=1S/C12H16N4O/c1-4-11-8(2)15-16(9(11)3)12-6-13-5-10(7-17)14-12/h5-6,17H,4,7H2,1-3H3. The minimum atomic E-state index is -0.110. The van der Waals surface area contributed by atoms with Crippen LogP contribution in [0, 0.1) is 13.8 Å². The number of aliphatic hydroxyl groups is 1. The molecule has 0 bridgehead atoms. The van der Waals surface area contributed by atoms with Gasteiger partial charge in [0.05, 0.1) is 30.4 Å². The van der Waals surface area contributed by atoms with Gasteiger partial charge in [-0.25, -0.2) is 9.67 Å². The van der Waals surface area contributed by atoms with Crippen molar-refractivity contribution in [3.05, 3.63) is 35.0 Å². The lowest BCUT2D eigenvalue weighted by Crippen LogP contribution is -2.05. The average Bonchev–Trinajstić information content (AvgIpc) is 2.64. The molecule has 0 radical (unpaired) electrons. The van der Waals surface area contributed by atoms with Gasteiger partial charge in [0.15, 0.2) is 5.82 Å². The summed E-state index contributed by atoms with van der Waals surface area (Å²) in [4.78, 5) is 8.35. The van der Waals surface area contributed by atoms with Crippen molar-refractivity contribution >= 4 is 0 Å². The third-order valence-electron chi connectivity index (χ3n) is 2.85. The first kappa shape index (κ1) is 11.7. The van der Waals surface area contributed by atoms with Crippen molar-refractivity contribution in [1.82, 2.24) is 19.7 Å². The fraction of sp³-hybridized carbons (Fsp3) is 0.417. The molecule has 0 aliphatic heterocycles. The molecule has 0 amide bonds. The van der Waals surface area contributed by atoms with E-state index in [1.807, 2.05) is 13.8 Å². The Bertz CT molecular complexity index is 533. The van der Waals surface area contributed by atoms with Gasteiger partial charge >= 0.3 is 0 Å². The zero-order valence-corrected chi connectivity index (χ0v) is 10.3. The molecule has 0 unspecified atom stereocenters. The Kier molecular flexibility index (Phi) is 3.19. The SMILES string of the molecule is CCc1c(C)nn(-c2cncc(CO)n2)c1C. The summed E-state index contributed by atoms with van der Waals surface area (Å²) in [6.45, 7) is 6.01. The molecule has 17 heavy (non-hydrogen) atoms. The van der Waals surface area contributed by atoms with E-state index in [1.54, 1.807) is 17.1 Å². The summed E-state index contributed by atoms with van der Waals surface area (Å²) in [6, 6.07) is 0. The largest absolute Gasteiger partial charge is 0.390 e. The normalized spacial score (nSPS) is 10.8. The molecule has 2 aromatic heterocycles. The number of aryl methyl sites for hydroxylation is 1. The molecule has 1 N–H and O–H groups in total. The highest BCUT2D eigenvalue weighted by Gasteiger charge is 2.12. The predicted octanol–water partition coefficient (Wildman–Crippen LogP) is 1.33. The Morgan fingerprint density at radius 2 is 2.06 bits per heavy atom. The molecule has 0 atom stereocenters. The first-order valence-electron chi connectivity index (χ1n) is 5.64. The van der Waals surface area contributed by atoms with Gasteiger partial charge in [-0.05, 0) is 25.8 Å². The molecule has 0 spiro atoms. The van der Waals surface area contributed by atoms with Crippen molar-refractivity contribution in [2.45, 2.75) is 33.8 Å². The Hall–Kier alpha value is -1.75. The van der Waals surface area contributed by atoms with Gasteiger partial charge in [-0.2, -0.15) is 5.10 Å². The van der Waals surface area contributed by atoms with Crippen LogP contribution in [0.3, 0.4) is 0 Å². The summed E-state index contributed by atoms with van der Waals surface area (Å²) in [5, 5.41) is 13.5. The molecule has 90 valence electrons. The number of hydrogen-bond acceptors (Lipinski definition) is 4. The summed E-state index contributed by atoms with van der Waals surface area (Å²) >= 11 is 0. The predicted molar refractivity (Wildman–Crippen MR) is 63.9 cm³/mol. The van der Waals surface area contributed by atoms with Gasteiger partial charge in [0.25, 0.3) is 0 Å². The molecule has 5 nitrogen and oxygen atoms in total. The Labute approximate surface area is 100 Å². The number of hydrogen-bond donors (Lipinski definition) is 1. The topological polar surface area (TPSA) is 63.8 Å². The number of rotatable bonds is 3. The summed E-state index contributed by atoms with van der Waals surface area (Å²) in [5.41, 5.74) is 3.88. The van der Waals surface area contributed by atoms with Crippen LogP contribution in [-0.4, -0.2) is 24.9 Å². The fourth-order valence-corrected chi connectivity index (χ4v) is 1.98. The lowest BCUT2D eigenvalue weighted by molar-refractivity contribution is 0.276. The van der Waals surface area contributed by atoms with Crippen LogP contribution in [0.25, 0.3) is 5.82 Å². The van der Waals surface area contributed by atoms with E-state index in [4.69, 9.17) is 5.11 Å². The van der Waals surface area contributed by atoms with Crippen LogP contribution in [0.5, 0.6) is 0 Å². The number of aromatic nitrogens is 4. The van der Waals surface area contributed by atoms with Gasteiger partial charge < -0.3 is 5.11 Å². The molecular weight excluding hydrogens is 216 g/mol. The van der Waals surface area contributed by atoms with E-state index in [-0.39, 0.29) is 6.61 Å². The Morgan fingerprint density at radius 3 is 2.65 bits per heavy atom. The van der Waals surface area contributed by atoms with Crippen LogP contribution in [0.1, 0.15) is 29.6 Å². The van der Waals surface area contributed by atoms with E-state index in [0.717, 1.165) is 17.8 Å². The zero-order chi connectivity index (χ0) is 12.4. The molecule has 5 heteroatoms. The molecule has 2 heterocycles. The van der Waals surface area contributed by atoms with Gasteiger partial charge in [0.1, 0.15) is 0 Å². The molecule has 2 rings (SSSR count). The second kappa shape index (κ2) is 4.63. The van der Waals surface area contributed by atoms with Gasteiger partial charge in [-0.3, -0.25) is 4.98 Å². The first-order chi connectivity index (χ1) is 8.17.